The van der Waals surface area contributed by atoms with Gasteiger partial charge >= 0.3 is 12.3 Å². The lowest BCUT2D eigenvalue weighted by molar-refractivity contribution is -0.274. The first-order valence-corrected chi connectivity index (χ1v) is 14.2. The van der Waals surface area contributed by atoms with Gasteiger partial charge in [-0.25, -0.2) is 4.79 Å². The van der Waals surface area contributed by atoms with Crippen LogP contribution in [0.15, 0.2) is 60.7 Å². The Hall–Kier alpha value is -4.29. The van der Waals surface area contributed by atoms with Crippen LogP contribution < -0.4 is 19.7 Å². The maximum Gasteiger partial charge on any atom is 0.573 e. The van der Waals surface area contributed by atoms with Gasteiger partial charge in [-0.15, -0.1) is 13.2 Å². The number of ether oxygens (including phenoxy) is 2. The van der Waals surface area contributed by atoms with E-state index >= 15 is 0 Å². The zero-order valence-corrected chi connectivity index (χ0v) is 25.7. The molecule has 3 aromatic carbocycles. The maximum atomic E-state index is 14.1. The summed E-state index contributed by atoms with van der Waals surface area (Å²) in [5.74, 6) is -1.24. The number of hydrogen-bond donors (Lipinski definition) is 4. The fourth-order valence-corrected chi connectivity index (χ4v) is 5.03. The normalized spacial score (nSPS) is 15.4. The highest BCUT2D eigenvalue weighted by Gasteiger charge is 2.54. The number of carbonyl (C=O) groups is 2. The summed E-state index contributed by atoms with van der Waals surface area (Å²) in [7, 11) is 1.52. The largest absolute Gasteiger partial charge is 0.573 e. The van der Waals surface area contributed by atoms with Crippen molar-refractivity contribution >= 4 is 40.6 Å². The number of nitrogens with zero attached hydrogens (tertiary/aromatic N) is 1. The van der Waals surface area contributed by atoms with Crippen molar-refractivity contribution in [2.75, 3.05) is 23.9 Å². The SMILES string of the molecule is CC(C)(O)C(=O)O.COc1cc(NC(C(=O)N2CC3(CC3)c3cc(OC(F)(F)F)ccc32)c2ccc(Cl)cc2)cc(C(C)=N)c1. The third-order valence-electron chi connectivity index (χ3n) is 7.50. The van der Waals surface area contributed by atoms with Crippen LogP contribution in [0.3, 0.4) is 0 Å². The van der Waals surface area contributed by atoms with E-state index in [0.29, 0.717) is 51.1 Å². The molecule has 1 aliphatic heterocycles. The van der Waals surface area contributed by atoms with Gasteiger partial charge in [0.15, 0.2) is 5.60 Å². The summed E-state index contributed by atoms with van der Waals surface area (Å²) in [6, 6.07) is 15.4. The van der Waals surface area contributed by atoms with Crippen molar-refractivity contribution in [2.45, 2.75) is 57.0 Å². The molecule has 2 aliphatic rings. The van der Waals surface area contributed by atoms with Crippen LogP contribution in [-0.2, 0) is 15.0 Å². The third-order valence-corrected chi connectivity index (χ3v) is 7.76. The highest BCUT2D eigenvalue weighted by atomic mass is 35.5. The lowest BCUT2D eigenvalue weighted by Gasteiger charge is -2.27. The average Bonchev–Trinajstić information content (AvgIpc) is 3.67. The van der Waals surface area contributed by atoms with Crippen molar-refractivity contribution in [2.24, 2.45) is 0 Å². The molecule has 1 unspecified atom stereocenters. The molecule has 5 rings (SSSR count). The number of benzene rings is 3. The second-order valence-electron chi connectivity index (χ2n) is 11.5. The Balaban J connectivity index is 0.000000591. The molecular formula is C32H33ClF3N3O6. The number of nitrogens with one attached hydrogen (secondary N) is 2. The van der Waals surface area contributed by atoms with Gasteiger partial charge in [0, 0.05) is 45.7 Å². The Bertz CT molecular complexity index is 1600. The number of halogens is 4. The van der Waals surface area contributed by atoms with Crippen molar-refractivity contribution < 1.29 is 42.4 Å². The van der Waals surface area contributed by atoms with Crippen LogP contribution in [0.5, 0.6) is 11.5 Å². The molecule has 0 radical (unpaired) electrons. The zero-order chi connectivity index (χ0) is 33.3. The topological polar surface area (TPSA) is 132 Å². The van der Waals surface area contributed by atoms with Crippen molar-refractivity contribution in [1.29, 1.82) is 5.41 Å². The second-order valence-corrected chi connectivity index (χ2v) is 11.9. The van der Waals surface area contributed by atoms with Crippen LogP contribution in [0.2, 0.25) is 5.02 Å². The lowest BCUT2D eigenvalue weighted by Crippen LogP contribution is -2.38. The van der Waals surface area contributed by atoms with E-state index in [0.717, 1.165) is 12.8 Å². The molecule has 3 aromatic rings. The maximum absolute atomic E-state index is 14.1. The summed E-state index contributed by atoms with van der Waals surface area (Å²) < 4.78 is 48.1. The van der Waals surface area contributed by atoms with Crippen LogP contribution in [0.1, 0.15) is 56.3 Å². The third kappa shape index (κ3) is 8.06. The van der Waals surface area contributed by atoms with Crippen molar-refractivity contribution in [3.8, 4) is 11.5 Å². The zero-order valence-electron chi connectivity index (χ0n) is 25.0. The first-order valence-electron chi connectivity index (χ1n) is 13.9. The number of fused-ring (bicyclic) bond motifs is 2. The van der Waals surface area contributed by atoms with Crippen LogP contribution in [0, 0.1) is 5.41 Å². The molecule has 0 aromatic heterocycles. The summed E-state index contributed by atoms with van der Waals surface area (Å²) in [5.41, 5.74) is 1.51. The predicted octanol–water partition coefficient (Wildman–Crippen LogP) is 6.71. The molecule has 9 nitrogen and oxygen atoms in total. The van der Waals surface area contributed by atoms with E-state index in [4.69, 9.17) is 32.0 Å². The van der Waals surface area contributed by atoms with E-state index < -0.39 is 24.0 Å². The van der Waals surface area contributed by atoms with E-state index in [2.05, 4.69) is 10.1 Å². The molecule has 1 spiro atoms. The molecule has 0 saturated heterocycles. The Kier molecular flexibility index (Phi) is 9.41. The molecule has 13 heteroatoms. The van der Waals surface area contributed by atoms with Gasteiger partial charge in [0.2, 0.25) is 0 Å². The van der Waals surface area contributed by atoms with Gasteiger partial charge in [0.1, 0.15) is 17.5 Å². The average molecular weight is 648 g/mol. The van der Waals surface area contributed by atoms with E-state index in [-0.39, 0.29) is 17.1 Å². The Morgan fingerprint density at radius 3 is 2.18 bits per heavy atom. The van der Waals surface area contributed by atoms with Crippen LogP contribution >= 0.6 is 11.6 Å². The van der Waals surface area contributed by atoms with E-state index in [9.17, 15) is 22.8 Å². The van der Waals surface area contributed by atoms with Crippen LogP contribution in [0.4, 0.5) is 24.5 Å². The highest BCUT2D eigenvalue weighted by Crippen LogP contribution is 2.57. The molecular weight excluding hydrogens is 615 g/mol. The van der Waals surface area contributed by atoms with Gasteiger partial charge in [-0.05, 0) is 87.2 Å². The Morgan fingerprint density at radius 1 is 1.04 bits per heavy atom. The van der Waals surface area contributed by atoms with Gasteiger partial charge in [0.25, 0.3) is 5.91 Å². The molecule has 1 amide bonds. The number of carboxylic acids is 1. The monoisotopic (exact) mass is 647 g/mol. The smallest absolute Gasteiger partial charge is 0.497 e. The minimum atomic E-state index is -4.80. The number of aliphatic hydroxyl groups is 1. The first kappa shape index (κ1) is 33.6. The number of rotatable bonds is 8. The van der Waals surface area contributed by atoms with Crippen molar-refractivity contribution in [3.05, 3.63) is 82.4 Å². The fourth-order valence-electron chi connectivity index (χ4n) is 4.90. The summed E-state index contributed by atoms with van der Waals surface area (Å²) in [6.07, 6.45) is -3.25. The van der Waals surface area contributed by atoms with E-state index in [1.807, 2.05) is 0 Å². The number of aliphatic carboxylic acids is 1. The number of carboxylic acid groups (broad SMARTS) is 1. The predicted molar refractivity (Wildman–Crippen MR) is 164 cm³/mol. The number of hydrogen-bond acceptors (Lipinski definition) is 7. The number of anilines is 2. The van der Waals surface area contributed by atoms with Crippen LogP contribution in [-0.4, -0.2) is 53.4 Å². The van der Waals surface area contributed by atoms with E-state index in [1.54, 1.807) is 54.3 Å². The fraction of sp³-hybridized carbons (Fsp3) is 0.344. The number of methoxy groups -OCH3 is 1. The molecule has 4 N–H and O–H groups in total. The molecule has 1 atom stereocenters. The molecule has 0 bridgehead atoms. The van der Waals surface area contributed by atoms with Gasteiger partial charge in [-0.1, -0.05) is 23.7 Å². The van der Waals surface area contributed by atoms with Gasteiger partial charge in [0.05, 0.1) is 7.11 Å². The molecule has 1 saturated carbocycles. The van der Waals surface area contributed by atoms with E-state index in [1.165, 1.54) is 39.2 Å². The first-order chi connectivity index (χ1) is 20.9. The van der Waals surface area contributed by atoms with Gasteiger partial charge in [-0.3, -0.25) is 4.79 Å². The molecule has 1 aliphatic carbocycles. The Labute approximate surface area is 263 Å². The molecule has 1 fully saturated rings. The summed E-state index contributed by atoms with van der Waals surface area (Å²) in [5, 5.41) is 28.4. The molecule has 45 heavy (non-hydrogen) atoms. The summed E-state index contributed by atoms with van der Waals surface area (Å²) in [4.78, 5) is 25.6. The number of alkyl halides is 3. The summed E-state index contributed by atoms with van der Waals surface area (Å²) >= 11 is 6.10. The van der Waals surface area contributed by atoms with Gasteiger partial charge < -0.3 is 35.3 Å². The lowest BCUT2D eigenvalue weighted by atomic mass is 9.98. The van der Waals surface area contributed by atoms with Crippen molar-refractivity contribution in [1.82, 2.24) is 0 Å². The number of carbonyl (C=O) groups excluding carboxylic acids is 1. The minimum Gasteiger partial charge on any atom is -0.497 e. The number of amides is 1. The standard InChI is InChI=1S/C28H25ClF3N3O3.C4H8O3/c1-16(33)18-11-20(13-22(12-18)37-2)34-25(17-3-5-19(29)6-4-17)26(36)35-15-27(9-10-27)23-14-21(7-8-24(23)35)38-28(30,31)32;1-4(2,7)3(5)6/h3-8,11-14,25,33-34H,9-10,15H2,1-2H3;7H,1-2H3,(H,5,6). The minimum absolute atomic E-state index is 0.266. The van der Waals surface area contributed by atoms with Crippen LogP contribution in [0.25, 0.3) is 0 Å². The summed E-state index contributed by atoms with van der Waals surface area (Å²) in [6.45, 7) is 4.46. The highest BCUT2D eigenvalue weighted by molar-refractivity contribution is 6.30. The quantitative estimate of drug-likeness (QED) is 0.200. The molecule has 1 heterocycles. The second kappa shape index (κ2) is 12.6. The molecule has 240 valence electrons. The van der Waals surface area contributed by atoms with Crippen molar-refractivity contribution in [3.63, 3.8) is 0 Å². The van der Waals surface area contributed by atoms with Gasteiger partial charge in [-0.2, -0.15) is 0 Å². The Morgan fingerprint density at radius 2 is 1.67 bits per heavy atom.